The van der Waals surface area contributed by atoms with E-state index in [0.29, 0.717) is 0 Å². The lowest BCUT2D eigenvalue weighted by Crippen LogP contribution is -2.26. The number of hydrogen-bond donors (Lipinski definition) is 1. The summed E-state index contributed by atoms with van der Waals surface area (Å²) in [6, 6.07) is 10.0. The molecular formula is C15H16BrNOS. The number of aryl methyl sites for hydroxylation is 2. The number of benzene rings is 1. The van der Waals surface area contributed by atoms with Gasteiger partial charge in [0.2, 0.25) is 0 Å². The monoisotopic (exact) mass is 337 g/mol. The molecule has 1 amide bonds. The van der Waals surface area contributed by atoms with Crippen molar-refractivity contribution in [3.63, 3.8) is 0 Å². The van der Waals surface area contributed by atoms with Crippen molar-refractivity contribution in [2.75, 3.05) is 0 Å². The van der Waals surface area contributed by atoms with Crippen LogP contribution in [0.1, 0.15) is 39.3 Å². The number of nitrogens with one attached hydrogen (secondary N) is 1. The van der Waals surface area contributed by atoms with E-state index in [1.165, 1.54) is 16.9 Å². The second-order valence-corrected chi connectivity index (χ2v) is 6.99. The fourth-order valence-corrected chi connectivity index (χ4v) is 3.43. The lowest BCUT2D eigenvalue weighted by molar-refractivity contribution is 0.0944. The van der Waals surface area contributed by atoms with Crippen LogP contribution in [0.3, 0.4) is 0 Å². The molecule has 0 fully saturated rings. The van der Waals surface area contributed by atoms with Gasteiger partial charge in [0.1, 0.15) is 0 Å². The lowest BCUT2D eigenvalue weighted by atomic mass is 10.0. The molecule has 0 aliphatic carbocycles. The minimum absolute atomic E-state index is 0.00915. The van der Waals surface area contributed by atoms with Crippen LogP contribution in [-0.2, 0) is 0 Å². The Balaban J connectivity index is 2.13. The van der Waals surface area contributed by atoms with Crippen LogP contribution in [0, 0.1) is 13.8 Å². The van der Waals surface area contributed by atoms with E-state index in [4.69, 9.17) is 0 Å². The van der Waals surface area contributed by atoms with Crippen LogP contribution in [0.5, 0.6) is 0 Å². The minimum Gasteiger partial charge on any atom is -0.345 e. The molecule has 0 saturated carbocycles. The van der Waals surface area contributed by atoms with E-state index in [9.17, 15) is 4.79 Å². The SMILES string of the molecule is Cc1ccccc1C(C)NC(=O)c1cc(C)c(Br)s1. The topological polar surface area (TPSA) is 29.1 Å². The van der Waals surface area contributed by atoms with Crippen molar-refractivity contribution in [3.8, 4) is 0 Å². The van der Waals surface area contributed by atoms with Gasteiger partial charge in [0.15, 0.2) is 0 Å². The predicted molar refractivity (Wildman–Crippen MR) is 83.8 cm³/mol. The van der Waals surface area contributed by atoms with Crippen LogP contribution >= 0.6 is 27.3 Å². The van der Waals surface area contributed by atoms with E-state index in [1.807, 2.05) is 32.0 Å². The van der Waals surface area contributed by atoms with E-state index in [0.717, 1.165) is 19.8 Å². The molecule has 100 valence electrons. The van der Waals surface area contributed by atoms with Crippen LogP contribution in [0.15, 0.2) is 34.1 Å². The molecule has 0 bridgehead atoms. The summed E-state index contributed by atoms with van der Waals surface area (Å²) in [4.78, 5) is 12.9. The fourth-order valence-electron chi connectivity index (χ4n) is 1.99. The van der Waals surface area contributed by atoms with Gasteiger partial charge in [-0.2, -0.15) is 0 Å². The van der Waals surface area contributed by atoms with E-state index in [2.05, 4.69) is 40.3 Å². The third-order valence-corrected chi connectivity index (χ3v) is 5.22. The van der Waals surface area contributed by atoms with Gasteiger partial charge in [-0.25, -0.2) is 0 Å². The molecule has 1 atom stereocenters. The maximum atomic E-state index is 12.2. The van der Waals surface area contributed by atoms with Crippen LogP contribution in [-0.4, -0.2) is 5.91 Å². The van der Waals surface area contributed by atoms with Gasteiger partial charge in [0.05, 0.1) is 14.7 Å². The highest BCUT2D eigenvalue weighted by Crippen LogP contribution is 2.28. The first-order valence-electron chi connectivity index (χ1n) is 6.11. The van der Waals surface area contributed by atoms with E-state index < -0.39 is 0 Å². The van der Waals surface area contributed by atoms with Gasteiger partial charge >= 0.3 is 0 Å². The second kappa shape index (κ2) is 5.88. The van der Waals surface area contributed by atoms with Crippen LogP contribution in [0.25, 0.3) is 0 Å². The first kappa shape index (κ1) is 14.3. The van der Waals surface area contributed by atoms with Crippen molar-refractivity contribution < 1.29 is 4.79 Å². The van der Waals surface area contributed by atoms with Gasteiger partial charge in [-0.3, -0.25) is 4.79 Å². The Morgan fingerprint density at radius 2 is 1.95 bits per heavy atom. The summed E-state index contributed by atoms with van der Waals surface area (Å²) in [6.07, 6.45) is 0. The Hall–Kier alpha value is -1.13. The van der Waals surface area contributed by atoms with Crippen molar-refractivity contribution in [2.24, 2.45) is 0 Å². The Kier molecular flexibility index (Phi) is 4.42. The number of halogens is 1. The van der Waals surface area contributed by atoms with Gasteiger partial charge in [0, 0.05) is 0 Å². The lowest BCUT2D eigenvalue weighted by Gasteiger charge is -2.15. The summed E-state index contributed by atoms with van der Waals surface area (Å²) < 4.78 is 1.01. The van der Waals surface area contributed by atoms with E-state index >= 15 is 0 Å². The highest BCUT2D eigenvalue weighted by Gasteiger charge is 2.15. The van der Waals surface area contributed by atoms with Gasteiger partial charge in [0.25, 0.3) is 5.91 Å². The zero-order valence-electron chi connectivity index (χ0n) is 11.2. The molecule has 0 saturated heterocycles. The number of carbonyl (C=O) groups is 1. The highest BCUT2D eigenvalue weighted by molar-refractivity contribution is 9.11. The molecule has 1 N–H and O–H groups in total. The maximum Gasteiger partial charge on any atom is 0.261 e. The third kappa shape index (κ3) is 3.25. The summed E-state index contributed by atoms with van der Waals surface area (Å²) >= 11 is 4.91. The zero-order valence-corrected chi connectivity index (χ0v) is 13.6. The predicted octanol–water partition coefficient (Wildman–Crippen LogP) is 4.62. The molecule has 1 heterocycles. The quantitative estimate of drug-likeness (QED) is 0.869. The third-order valence-electron chi connectivity index (χ3n) is 3.08. The zero-order chi connectivity index (χ0) is 14.0. The van der Waals surface area contributed by atoms with Crippen molar-refractivity contribution in [2.45, 2.75) is 26.8 Å². The first-order valence-corrected chi connectivity index (χ1v) is 7.72. The highest BCUT2D eigenvalue weighted by atomic mass is 79.9. The molecule has 1 unspecified atom stereocenters. The minimum atomic E-state index is -0.0189. The molecule has 2 aromatic rings. The molecule has 2 rings (SSSR count). The maximum absolute atomic E-state index is 12.2. The van der Waals surface area contributed by atoms with Crippen LogP contribution < -0.4 is 5.32 Å². The van der Waals surface area contributed by atoms with Gasteiger partial charge in [-0.1, -0.05) is 24.3 Å². The summed E-state index contributed by atoms with van der Waals surface area (Å²) in [5.74, 6) is -0.0189. The Labute approximate surface area is 126 Å². The van der Waals surface area contributed by atoms with Gasteiger partial charge in [-0.15, -0.1) is 11.3 Å². The normalized spacial score (nSPS) is 12.2. The summed E-state index contributed by atoms with van der Waals surface area (Å²) in [7, 11) is 0. The van der Waals surface area contributed by atoms with Crippen molar-refractivity contribution in [1.29, 1.82) is 0 Å². The Bertz CT molecular complexity index is 586. The first-order chi connectivity index (χ1) is 8.99. The molecule has 19 heavy (non-hydrogen) atoms. The summed E-state index contributed by atoms with van der Waals surface area (Å²) in [5, 5.41) is 3.04. The molecule has 0 aliphatic heterocycles. The van der Waals surface area contributed by atoms with Crippen LogP contribution in [0.2, 0.25) is 0 Å². The van der Waals surface area contributed by atoms with E-state index in [-0.39, 0.29) is 11.9 Å². The average molecular weight is 338 g/mol. The fraction of sp³-hybridized carbons (Fsp3) is 0.267. The van der Waals surface area contributed by atoms with Gasteiger partial charge in [-0.05, 0) is 59.5 Å². The average Bonchev–Trinajstić information content (AvgIpc) is 2.70. The van der Waals surface area contributed by atoms with Crippen LogP contribution in [0.4, 0.5) is 0 Å². The van der Waals surface area contributed by atoms with E-state index in [1.54, 1.807) is 0 Å². The molecule has 1 aromatic carbocycles. The summed E-state index contributed by atoms with van der Waals surface area (Å²) in [6.45, 7) is 6.06. The standard InChI is InChI=1S/C15H16BrNOS/c1-9-6-4-5-7-12(9)11(3)17-15(18)13-8-10(2)14(16)19-13/h4-8,11H,1-3H3,(H,17,18). The van der Waals surface area contributed by atoms with Gasteiger partial charge < -0.3 is 5.32 Å². The molecular weight excluding hydrogens is 322 g/mol. The largest absolute Gasteiger partial charge is 0.345 e. The Morgan fingerprint density at radius 1 is 1.26 bits per heavy atom. The smallest absolute Gasteiger partial charge is 0.261 e. The van der Waals surface area contributed by atoms with Crippen molar-refractivity contribution >= 4 is 33.2 Å². The molecule has 2 nitrogen and oxygen atoms in total. The molecule has 0 spiro atoms. The molecule has 1 aromatic heterocycles. The molecule has 4 heteroatoms. The van der Waals surface area contributed by atoms with Crippen molar-refractivity contribution in [3.05, 3.63) is 55.7 Å². The molecule has 0 aliphatic rings. The molecule has 0 radical (unpaired) electrons. The number of carbonyl (C=O) groups excluding carboxylic acids is 1. The second-order valence-electron chi connectivity index (χ2n) is 4.62. The number of hydrogen-bond acceptors (Lipinski definition) is 2. The number of rotatable bonds is 3. The van der Waals surface area contributed by atoms with Crippen molar-refractivity contribution in [1.82, 2.24) is 5.32 Å². The number of amides is 1. The Morgan fingerprint density at radius 3 is 2.53 bits per heavy atom. The number of thiophene rings is 1. The summed E-state index contributed by atoms with van der Waals surface area (Å²) in [5.41, 5.74) is 3.45.